The first kappa shape index (κ1) is 12.9. The fourth-order valence-electron chi connectivity index (χ4n) is 2.33. The molecular formula is C14H20BrNO. The average molecular weight is 298 g/mol. The summed E-state index contributed by atoms with van der Waals surface area (Å²) in [7, 11) is 0. The maximum Gasteiger partial charge on any atom is 0.139 e. The van der Waals surface area contributed by atoms with Crippen molar-refractivity contribution >= 4 is 15.9 Å². The molecule has 0 fully saturated rings. The SMILES string of the molecule is CCCNC1CC(C)(C)Oc2c(Br)cccc21. The van der Waals surface area contributed by atoms with Crippen LogP contribution in [0.5, 0.6) is 5.75 Å². The van der Waals surface area contributed by atoms with Gasteiger partial charge in [-0.05, 0) is 48.8 Å². The van der Waals surface area contributed by atoms with Gasteiger partial charge in [-0.25, -0.2) is 0 Å². The number of hydrogen-bond donors (Lipinski definition) is 1. The minimum absolute atomic E-state index is 0.109. The molecule has 1 unspecified atom stereocenters. The molecule has 0 saturated heterocycles. The highest BCUT2D eigenvalue weighted by Gasteiger charge is 2.34. The van der Waals surface area contributed by atoms with E-state index in [1.807, 2.05) is 6.07 Å². The number of nitrogens with one attached hydrogen (secondary N) is 1. The predicted octanol–water partition coefficient (Wildman–Crippen LogP) is 4.05. The Bertz CT molecular complexity index is 403. The number of rotatable bonds is 3. The van der Waals surface area contributed by atoms with Crippen molar-refractivity contribution < 1.29 is 4.74 Å². The summed E-state index contributed by atoms with van der Waals surface area (Å²) in [4.78, 5) is 0. The molecule has 2 nitrogen and oxygen atoms in total. The molecule has 3 heteroatoms. The summed E-state index contributed by atoms with van der Waals surface area (Å²) >= 11 is 3.58. The number of para-hydroxylation sites is 1. The molecule has 0 amide bonds. The smallest absolute Gasteiger partial charge is 0.139 e. The van der Waals surface area contributed by atoms with Crippen molar-refractivity contribution in [3.05, 3.63) is 28.2 Å². The minimum Gasteiger partial charge on any atom is -0.486 e. The zero-order valence-corrected chi connectivity index (χ0v) is 12.3. The second-order valence-corrected chi connectivity index (χ2v) is 6.09. The molecule has 94 valence electrons. The van der Waals surface area contributed by atoms with Gasteiger partial charge < -0.3 is 10.1 Å². The van der Waals surface area contributed by atoms with Crippen LogP contribution in [0.3, 0.4) is 0 Å². The van der Waals surface area contributed by atoms with Crippen molar-refractivity contribution in [1.29, 1.82) is 0 Å². The van der Waals surface area contributed by atoms with E-state index < -0.39 is 0 Å². The van der Waals surface area contributed by atoms with E-state index in [-0.39, 0.29) is 5.60 Å². The van der Waals surface area contributed by atoms with E-state index in [4.69, 9.17) is 4.74 Å². The fourth-order valence-corrected chi connectivity index (χ4v) is 2.79. The topological polar surface area (TPSA) is 21.3 Å². The van der Waals surface area contributed by atoms with Gasteiger partial charge in [0, 0.05) is 18.0 Å². The molecule has 1 aliphatic rings. The van der Waals surface area contributed by atoms with Crippen LogP contribution in [0.25, 0.3) is 0 Å². The molecule has 0 spiro atoms. The highest BCUT2D eigenvalue weighted by atomic mass is 79.9. The van der Waals surface area contributed by atoms with E-state index in [2.05, 4.69) is 54.2 Å². The van der Waals surface area contributed by atoms with Crippen molar-refractivity contribution in [2.24, 2.45) is 0 Å². The molecule has 0 saturated carbocycles. The van der Waals surface area contributed by atoms with Crippen LogP contribution in [0.4, 0.5) is 0 Å². The lowest BCUT2D eigenvalue weighted by Crippen LogP contribution is -2.39. The molecule has 2 rings (SSSR count). The molecule has 0 aromatic heterocycles. The van der Waals surface area contributed by atoms with Crippen molar-refractivity contribution in [2.75, 3.05) is 6.54 Å². The zero-order chi connectivity index (χ0) is 12.5. The maximum absolute atomic E-state index is 6.07. The average Bonchev–Trinajstić information content (AvgIpc) is 2.26. The van der Waals surface area contributed by atoms with E-state index in [9.17, 15) is 0 Å². The number of benzene rings is 1. The van der Waals surface area contributed by atoms with Crippen LogP contribution in [0, 0.1) is 0 Å². The summed E-state index contributed by atoms with van der Waals surface area (Å²) in [6.45, 7) is 7.54. The van der Waals surface area contributed by atoms with Gasteiger partial charge >= 0.3 is 0 Å². The van der Waals surface area contributed by atoms with Gasteiger partial charge in [-0.3, -0.25) is 0 Å². The Morgan fingerprint density at radius 3 is 2.94 bits per heavy atom. The summed E-state index contributed by atoms with van der Waals surface area (Å²) in [5.74, 6) is 0.998. The molecule has 0 radical (unpaired) electrons. The summed E-state index contributed by atoms with van der Waals surface area (Å²) < 4.78 is 7.12. The molecule has 1 atom stereocenters. The molecule has 1 aromatic rings. The second-order valence-electron chi connectivity index (χ2n) is 5.23. The molecular weight excluding hydrogens is 278 g/mol. The van der Waals surface area contributed by atoms with Crippen LogP contribution in [-0.4, -0.2) is 12.1 Å². The number of hydrogen-bond acceptors (Lipinski definition) is 2. The zero-order valence-electron chi connectivity index (χ0n) is 10.7. The van der Waals surface area contributed by atoms with Crippen LogP contribution in [0.2, 0.25) is 0 Å². The standard InChI is InChI=1S/C14H20BrNO/c1-4-8-16-12-9-14(2,3)17-13-10(12)6-5-7-11(13)15/h5-7,12,16H,4,8-9H2,1-3H3. The third kappa shape index (κ3) is 2.83. The quantitative estimate of drug-likeness (QED) is 0.909. The monoisotopic (exact) mass is 297 g/mol. The Balaban J connectivity index is 2.33. The summed E-state index contributed by atoms with van der Waals surface area (Å²) in [6, 6.07) is 6.66. The third-order valence-electron chi connectivity index (χ3n) is 3.09. The van der Waals surface area contributed by atoms with Crippen molar-refractivity contribution in [2.45, 2.75) is 45.3 Å². The second kappa shape index (κ2) is 4.99. The van der Waals surface area contributed by atoms with Gasteiger partial charge in [-0.1, -0.05) is 19.1 Å². The fraction of sp³-hybridized carbons (Fsp3) is 0.571. The van der Waals surface area contributed by atoms with E-state index in [0.717, 1.165) is 29.6 Å². The van der Waals surface area contributed by atoms with E-state index in [0.29, 0.717) is 6.04 Å². The first-order chi connectivity index (χ1) is 8.03. The van der Waals surface area contributed by atoms with Crippen molar-refractivity contribution in [3.8, 4) is 5.75 Å². The van der Waals surface area contributed by atoms with E-state index >= 15 is 0 Å². The van der Waals surface area contributed by atoms with Gasteiger partial charge in [-0.2, -0.15) is 0 Å². The van der Waals surface area contributed by atoms with Crippen LogP contribution in [0.1, 0.15) is 45.2 Å². The lowest BCUT2D eigenvalue weighted by Gasteiger charge is -2.38. The lowest BCUT2D eigenvalue weighted by atomic mass is 9.89. The van der Waals surface area contributed by atoms with Crippen LogP contribution in [0.15, 0.2) is 22.7 Å². The molecule has 0 aliphatic carbocycles. The van der Waals surface area contributed by atoms with Gasteiger partial charge in [0.25, 0.3) is 0 Å². The first-order valence-corrected chi connectivity index (χ1v) is 7.03. The van der Waals surface area contributed by atoms with Gasteiger partial charge in [0.05, 0.1) is 4.47 Å². The van der Waals surface area contributed by atoms with Gasteiger partial charge in [0.15, 0.2) is 0 Å². The largest absolute Gasteiger partial charge is 0.486 e. The Morgan fingerprint density at radius 2 is 2.24 bits per heavy atom. The first-order valence-electron chi connectivity index (χ1n) is 6.24. The molecule has 1 N–H and O–H groups in total. The Kier molecular flexibility index (Phi) is 3.79. The highest BCUT2D eigenvalue weighted by Crippen LogP contribution is 2.43. The molecule has 17 heavy (non-hydrogen) atoms. The van der Waals surface area contributed by atoms with Crippen molar-refractivity contribution in [3.63, 3.8) is 0 Å². The van der Waals surface area contributed by atoms with Crippen LogP contribution >= 0.6 is 15.9 Å². The van der Waals surface area contributed by atoms with Gasteiger partial charge in [-0.15, -0.1) is 0 Å². The van der Waals surface area contributed by atoms with Crippen LogP contribution < -0.4 is 10.1 Å². The minimum atomic E-state index is -0.109. The third-order valence-corrected chi connectivity index (χ3v) is 3.71. The molecule has 1 aromatic carbocycles. The van der Waals surface area contributed by atoms with Gasteiger partial charge in [0.1, 0.15) is 11.4 Å². The number of ether oxygens (including phenoxy) is 1. The summed E-state index contributed by atoms with van der Waals surface area (Å²) in [5, 5.41) is 3.61. The molecule has 1 heterocycles. The lowest BCUT2D eigenvalue weighted by molar-refractivity contribution is 0.0651. The number of fused-ring (bicyclic) bond motifs is 1. The van der Waals surface area contributed by atoms with E-state index in [1.54, 1.807) is 0 Å². The van der Waals surface area contributed by atoms with Crippen molar-refractivity contribution in [1.82, 2.24) is 5.32 Å². The van der Waals surface area contributed by atoms with E-state index in [1.165, 1.54) is 5.56 Å². The maximum atomic E-state index is 6.07. The summed E-state index contributed by atoms with van der Waals surface area (Å²) in [6.07, 6.45) is 2.16. The normalized spacial score (nSPS) is 21.8. The highest BCUT2D eigenvalue weighted by molar-refractivity contribution is 9.10. The summed E-state index contributed by atoms with van der Waals surface area (Å²) in [5.41, 5.74) is 1.16. The Hall–Kier alpha value is -0.540. The predicted molar refractivity (Wildman–Crippen MR) is 74.5 cm³/mol. The number of halogens is 1. The van der Waals surface area contributed by atoms with Gasteiger partial charge in [0.2, 0.25) is 0 Å². The Morgan fingerprint density at radius 1 is 1.47 bits per heavy atom. The molecule has 0 bridgehead atoms. The Labute approximate surface area is 112 Å². The molecule has 1 aliphatic heterocycles. The van der Waals surface area contributed by atoms with Crippen LogP contribution in [-0.2, 0) is 0 Å².